The lowest BCUT2D eigenvalue weighted by Crippen LogP contribution is -2.38. The molecule has 2 atom stereocenters. The van der Waals surface area contributed by atoms with Crippen molar-refractivity contribution in [3.05, 3.63) is 41.3 Å². The van der Waals surface area contributed by atoms with Gasteiger partial charge in [-0.2, -0.15) is 0 Å². The number of aliphatic carboxylic acids is 1. The first-order valence-corrected chi connectivity index (χ1v) is 13.3. The Bertz CT molecular complexity index is 982. The number of nitrogens with zero attached hydrogens (tertiary/aromatic N) is 4. The van der Waals surface area contributed by atoms with Gasteiger partial charge < -0.3 is 25.4 Å². The van der Waals surface area contributed by atoms with Gasteiger partial charge >= 0.3 is 5.97 Å². The lowest BCUT2D eigenvalue weighted by Gasteiger charge is -2.26. The van der Waals surface area contributed by atoms with E-state index in [4.69, 9.17) is 9.72 Å². The monoisotopic (exact) mass is 496 g/mol. The first kappa shape index (κ1) is 26.3. The Morgan fingerprint density at radius 1 is 1.25 bits per heavy atom. The molecule has 0 saturated heterocycles. The summed E-state index contributed by atoms with van der Waals surface area (Å²) in [5.74, 6) is 1.10. The highest BCUT2D eigenvalue weighted by atomic mass is 16.5. The average molecular weight is 497 g/mol. The quantitative estimate of drug-likeness (QED) is 0.318. The Hall–Kier alpha value is -2.78. The molecule has 2 aromatic rings. The number of unbranched alkanes of at least 4 members (excludes halogenated alkanes) is 1. The van der Waals surface area contributed by atoms with E-state index in [1.165, 1.54) is 24.8 Å². The summed E-state index contributed by atoms with van der Waals surface area (Å²) in [6.45, 7) is 5.34. The highest BCUT2D eigenvalue weighted by molar-refractivity contribution is 5.76. The molecule has 3 N–H and O–H groups in total. The van der Waals surface area contributed by atoms with E-state index in [9.17, 15) is 9.90 Å². The van der Waals surface area contributed by atoms with Crippen LogP contribution in [0, 0.1) is 0 Å². The molecule has 2 aromatic heterocycles. The molecule has 2 unspecified atom stereocenters. The maximum Gasteiger partial charge on any atom is 0.326 e. The highest BCUT2D eigenvalue weighted by Gasteiger charge is 2.25. The molecule has 1 fully saturated rings. The number of nitrogens with one attached hydrogen (secondary N) is 2. The van der Waals surface area contributed by atoms with Crippen molar-refractivity contribution in [3.8, 4) is 0 Å². The third-order valence-electron chi connectivity index (χ3n) is 7.08. The fraction of sp³-hybridized carbons (Fsp3) is 0.630. The summed E-state index contributed by atoms with van der Waals surface area (Å²) >= 11 is 0. The zero-order valence-corrected chi connectivity index (χ0v) is 21.6. The summed E-state index contributed by atoms with van der Waals surface area (Å²) in [6, 6.07) is 3.61. The molecule has 0 spiro atoms. The van der Waals surface area contributed by atoms with E-state index in [2.05, 4.69) is 37.6 Å². The van der Waals surface area contributed by atoms with E-state index in [1.807, 2.05) is 19.3 Å². The summed E-state index contributed by atoms with van der Waals surface area (Å²) in [4.78, 5) is 27.7. The number of aromatic nitrogens is 3. The maximum absolute atomic E-state index is 11.9. The molecule has 9 nitrogen and oxygen atoms in total. The van der Waals surface area contributed by atoms with E-state index >= 15 is 0 Å². The number of carboxylic acid groups (broad SMARTS) is 1. The number of hydrogen-bond acceptors (Lipinski definition) is 8. The number of aryl methyl sites for hydroxylation is 2. The minimum absolute atomic E-state index is 0.0768. The van der Waals surface area contributed by atoms with Crippen molar-refractivity contribution in [2.75, 3.05) is 43.9 Å². The van der Waals surface area contributed by atoms with E-state index in [-0.39, 0.29) is 6.10 Å². The predicted molar refractivity (Wildman–Crippen MR) is 141 cm³/mol. The Kier molecular flexibility index (Phi) is 9.47. The molecule has 0 bridgehead atoms. The third-order valence-corrected chi connectivity index (χ3v) is 7.08. The van der Waals surface area contributed by atoms with Crippen LogP contribution >= 0.6 is 0 Å². The molecule has 2 aliphatic rings. The van der Waals surface area contributed by atoms with Crippen molar-refractivity contribution in [1.82, 2.24) is 19.9 Å². The van der Waals surface area contributed by atoms with E-state index in [0.717, 1.165) is 62.4 Å². The Labute approximate surface area is 214 Å². The average Bonchev–Trinajstić information content (AvgIpc) is 3.74. The second-order valence-corrected chi connectivity index (χ2v) is 10.1. The van der Waals surface area contributed by atoms with Gasteiger partial charge in [0.1, 0.15) is 11.9 Å². The Balaban J connectivity index is 1.25. The molecule has 3 heterocycles. The van der Waals surface area contributed by atoms with Crippen LogP contribution in [-0.4, -0.2) is 76.4 Å². The second-order valence-electron chi connectivity index (χ2n) is 10.1. The van der Waals surface area contributed by atoms with Gasteiger partial charge in [0.2, 0.25) is 5.95 Å². The lowest BCUT2D eigenvalue weighted by molar-refractivity contribution is -0.138. The van der Waals surface area contributed by atoms with Gasteiger partial charge in [-0.1, -0.05) is 6.07 Å². The van der Waals surface area contributed by atoms with Gasteiger partial charge in [0.25, 0.3) is 0 Å². The van der Waals surface area contributed by atoms with Crippen LogP contribution in [0.5, 0.6) is 0 Å². The minimum atomic E-state index is -0.892. The van der Waals surface area contributed by atoms with Gasteiger partial charge in [-0.3, -0.25) is 0 Å². The van der Waals surface area contributed by atoms with Crippen LogP contribution in [0.15, 0.2) is 24.5 Å². The van der Waals surface area contributed by atoms with Crippen molar-refractivity contribution in [2.45, 2.75) is 76.4 Å². The third kappa shape index (κ3) is 7.86. The number of hydrogen-bond donors (Lipinski definition) is 3. The van der Waals surface area contributed by atoms with E-state index in [1.54, 1.807) is 7.11 Å². The fourth-order valence-electron chi connectivity index (χ4n) is 4.65. The molecule has 0 aromatic carbocycles. The molecule has 1 aliphatic heterocycles. The topological polar surface area (TPSA) is 113 Å². The van der Waals surface area contributed by atoms with Crippen molar-refractivity contribution < 1.29 is 14.6 Å². The smallest absolute Gasteiger partial charge is 0.326 e. The van der Waals surface area contributed by atoms with Crippen molar-refractivity contribution in [3.63, 3.8) is 0 Å². The molecule has 36 heavy (non-hydrogen) atoms. The Morgan fingerprint density at radius 3 is 2.78 bits per heavy atom. The predicted octanol–water partition coefficient (Wildman–Crippen LogP) is 3.72. The fourth-order valence-corrected chi connectivity index (χ4v) is 4.65. The molecule has 196 valence electrons. The molecule has 4 rings (SSSR count). The van der Waals surface area contributed by atoms with Gasteiger partial charge in [0, 0.05) is 44.8 Å². The Morgan fingerprint density at radius 2 is 2.06 bits per heavy atom. The molecule has 1 saturated carbocycles. The number of methoxy groups -OCH3 is 1. The normalized spacial score (nSPS) is 16.8. The van der Waals surface area contributed by atoms with Gasteiger partial charge in [0.05, 0.1) is 6.10 Å². The van der Waals surface area contributed by atoms with E-state index < -0.39 is 12.0 Å². The van der Waals surface area contributed by atoms with Gasteiger partial charge in [-0.25, -0.2) is 19.7 Å². The van der Waals surface area contributed by atoms with Gasteiger partial charge in [-0.15, -0.1) is 0 Å². The summed E-state index contributed by atoms with van der Waals surface area (Å²) < 4.78 is 5.48. The number of pyridine rings is 1. The van der Waals surface area contributed by atoms with Gasteiger partial charge in [0.15, 0.2) is 0 Å². The number of rotatable bonds is 15. The molecule has 1 aliphatic carbocycles. The molecule has 0 amide bonds. The summed E-state index contributed by atoms with van der Waals surface area (Å²) in [5, 5.41) is 16.2. The zero-order valence-electron chi connectivity index (χ0n) is 21.6. The SMILES string of the molecule is COC(C)CN(CCCCc1ccc2c(n1)NCCC2)CCC(Nc1ncc(C2CC2)cn1)C(=O)O. The molecular weight excluding hydrogens is 456 g/mol. The molecule has 9 heteroatoms. The number of ether oxygens (including phenoxy) is 1. The van der Waals surface area contributed by atoms with Crippen LogP contribution in [0.2, 0.25) is 0 Å². The number of carboxylic acids is 1. The van der Waals surface area contributed by atoms with Crippen LogP contribution in [0.4, 0.5) is 11.8 Å². The number of carbonyl (C=O) groups is 1. The summed E-state index contributed by atoms with van der Waals surface area (Å²) in [5.41, 5.74) is 3.58. The van der Waals surface area contributed by atoms with Crippen LogP contribution in [0.1, 0.15) is 68.2 Å². The first-order valence-electron chi connectivity index (χ1n) is 13.3. The lowest BCUT2D eigenvalue weighted by atomic mass is 10.1. The van der Waals surface area contributed by atoms with Gasteiger partial charge in [-0.05, 0) is 87.9 Å². The second kappa shape index (κ2) is 13.0. The largest absolute Gasteiger partial charge is 0.480 e. The first-order chi connectivity index (χ1) is 17.5. The standard InChI is InChI=1S/C27H40N6O3/c1-19(36-2)18-33(14-4-3-7-23-11-10-21-6-5-13-28-25(21)31-23)15-12-24(26(34)35)32-27-29-16-22(17-30-27)20-8-9-20/h10-11,16-17,19-20,24H,3-9,12-15,18H2,1-2H3,(H,28,31)(H,34,35)(H,29,30,32). The van der Waals surface area contributed by atoms with Crippen LogP contribution in [-0.2, 0) is 22.4 Å². The zero-order chi connectivity index (χ0) is 25.3. The van der Waals surface area contributed by atoms with Crippen molar-refractivity contribution in [2.24, 2.45) is 0 Å². The van der Waals surface area contributed by atoms with Crippen LogP contribution in [0.3, 0.4) is 0 Å². The maximum atomic E-state index is 11.9. The van der Waals surface area contributed by atoms with E-state index in [0.29, 0.717) is 24.8 Å². The minimum Gasteiger partial charge on any atom is -0.480 e. The molecular formula is C27H40N6O3. The van der Waals surface area contributed by atoms with Crippen LogP contribution < -0.4 is 10.6 Å². The van der Waals surface area contributed by atoms with Crippen molar-refractivity contribution >= 4 is 17.7 Å². The van der Waals surface area contributed by atoms with Crippen molar-refractivity contribution in [1.29, 1.82) is 0 Å². The number of anilines is 2. The molecule has 0 radical (unpaired) electrons. The van der Waals surface area contributed by atoms with Crippen LogP contribution in [0.25, 0.3) is 0 Å². The summed E-state index contributed by atoms with van der Waals surface area (Å²) in [6.07, 6.45) is 11.8. The highest BCUT2D eigenvalue weighted by Crippen LogP contribution is 2.39. The summed E-state index contributed by atoms with van der Waals surface area (Å²) in [7, 11) is 1.71. The number of fused-ring (bicyclic) bond motifs is 1.